The van der Waals surface area contributed by atoms with Gasteiger partial charge in [0, 0.05) is 12.0 Å². The van der Waals surface area contributed by atoms with E-state index in [1.54, 1.807) is 31.4 Å². The molecule has 0 heterocycles. The second-order valence-electron chi connectivity index (χ2n) is 6.00. The Bertz CT molecular complexity index is 770. The number of benzene rings is 2. The van der Waals surface area contributed by atoms with Crippen molar-refractivity contribution in [2.75, 3.05) is 7.11 Å². The summed E-state index contributed by atoms with van der Waals surface area (Å²) < 4.78 is 5.36. The number of carboxylic acids is 1. The van der Waals surface area contributed by atoms with Gasteiger partial charge in [-0.05, 0) is 38.0 Å². The third-order valence-corrected chi connectivity index (χ3v) is 4.10. The van der Waals surface area contributed by atoms with Gasteiger partial charge in [0.2, 0.25) is 5.91 Å². The maximum atomic E-state index is 12.3. The molecule has 0 aliphatic rings. The Labute approximate surface area is 147 Å². The first kappa shape index (κ1) is 18.5. The Morgan fingerprint density at radius 3 is 2.60 bits per heavy atom. The summed E-state index contributed by atoms with van der Waals surface area (Å²) in [6, 6.07) is 12.4. The van der Waals surface area contributed by atoms with E-state index in [2.05, 4.69) is 5.32 Å². The number of ether oxygens (including phenoxy) is 1. The lowest BCUT2D eigenvalue weighted by Crippen LogP contribution is -2.27. The van der Waals surface area contributed by atoms with Crippen molar-refractivity contribution < 1.29 is 19.4 Å². The van der Waals surface area contributed by atoms with Gasteiger partial charge in [-0.15, -0.1) is 0 Å². The van der Waals surface area contributed by atoms with Gasteiger partial charge < -0.3 is 15.2 Å². The van der Waals surface area contributed by atoms with Crippen LogP contribution >= 0.6 is 0 Å². The fraction of sp³-hybridized carbons (Fsp3) is 0.300. The van der Waals surface area contributed by atoms with E-state index < -0.39 is 5.97 Å². The van der Waals surface area contributed by atoms with Crippen molar-refractivity contribution in [3.8, 4) is 5.75 Å². The van der Waals surface area contributed by atoms with Crippen molar-refractivity contribution in [1.29, 1.82) is 0 Å². The van der Waals surface area contributed by atoms with Crippen LogP contribution < -0.4 is 10.1 Å². The number of hydrogen-bond acceptors (Lipinski definition) is 3. The molecule has 5 heteroatoms. The number of rotatable bonds is 7. The quantitative estimate of drug-likeness (QED) is 0.808. The molecule has 2 aromatic rings. The summed E-state index contributed by atoms with van der Waals surface area (Å²) in [5, 5.41) is 12.1. The average molecular weight is 341 g/mol. The Morgan fingerprint density at radius 2 is 1.92 bits per heavy atom. The SMILES string of the molecule is COc1ccc(C)cc1C(C)NC(=O)CCc1ccccc1C(=O)O. The van der Waals surface area contributed by atoms with Crippen LogP contribution in [0.5, 0.6) is 5.75 Å². The Hall–Kier alpha value is -2.82. The summed E-state index contributed by atoms with van der Waals surface area (Å²) in [5.41, 5.74) is 2.91. The number of nitrogens with one attached hydrogen (secondary N) is 1. The second-order valence-corrected chi connectivity index (χ2v) is 6.00. The molecule has 2 N–H and O–H groups in total. The number of hydrogen-bond donors (Lipinski definition) is 2. The third-order valence-electron chi connectivity index (χ3n) is 4.10. The lowest BCUT2D eigenvalue weighted by atomic mass is 10.0. The number of carboxylic acid groups (broad SMARTS) is 1. The number of methoxy groups -OCH3 is 1. The summed E-state index contributed by atoms with van der Waals surface area (Å²) in [6.45, 7) is 3.89. The van der Waals surface area contributed by atoms with Crippen LogP contribution in [0, 0.1) is 6.92 Å². The molecule has 5 nitrogen and oxygen atoms in total. The van der Waals surface area contributed by atoms with E-state index in [1.165, 1.54) is 0 Å². The molecule has 2 aromatic carbocycles. The van der Waals surface area contributed by atoms with Gasteiger partial charge in [0.1, 0.15) is 5.75 Å². The van der Waals surface area contributed by atoms with E-state index in [1.807, 2.05) is 32.0 Å². The van der Waals surface area contributed by atoms with Gasteiger partial charge in [-0.3, -0.25) is 4.79 Å². The van der Waals surface area contributed by atoms with Gasteiger partial charge in [0.05, 0.1) is 18.7 Å². The first-order chi connectivity index (χ1) is 11.9. The maximum absolute atomic E-state index is 12.3. The molecule has 132 valence electrons. The Morgan fingerprint density at radius 1 is 1.20 bits per heavy atom. The second kappa shape index (κ2) is 8.33. The van der Waals surface area contributed by atoms with E-state index in [9.17, 15) is 14.7 Å². The van der Waals surface area contributed by atoms with Crippen LogP contribution in [-0.2, 0) is 11.2 Å². The molecule has 0 aliphatic carbocycles. The predicted octanol–water partition coefficient (Wildman–Crippen LogP) is 3.51. The minimum absolute atomic E-state index is 0.128. The van der Waals surface area contributed by atoms with Crippen LogP contribution in [0.1, 0.15) is 46.4 Å². The maximum Gasteiger partial charge on any atom is 0.335 e. The molecule has 25 heavy (non-hydrogen) atoms. The van der Waals surface area contributed by atoms with Gasteiger partial charge in [-0.1, -0.05) is 35.9 Å². The molecule has 2 rings (SSSR count). The molecule has 0 bridgehead atoms. The largest absolute Gasteiger partial charge is 0.496 e. The minimum atomic E-state index is -0.978. The van der Waals surface area contributed by atoms with Crippen molar-refractivity contribution in [3.63, 3.8) is 0 Å². The van der Waals surface area contributed by atoms with Gasteiger partial charge in [0.25, 0.3) is 0 Å². The van der Waals surface area contributed by atoms with Crippen LogP contribution in [0.25, 0.3) is 0 Å². The first-order valence-corrected chi connectivity index (χ1v) is 8.17. The summed E-state index contributed by atoms with van der Waals surface area (Å²) in [5.74, 6) is -0.375. The van der Waals surface area contributed by atoms with Crippen LogP contribution in [0.4, 0.5) is 0 Å². The van der Waals surface area contributed by atoms with E-state index in [0.717, 1.165) is 16.9 Å². The van der Waals surface area contributed by atoms with E-state index in [4.69, 9.17) is 4.74 Å². The molecule has 0 aromatic heterocycles. The number of aryl methyl sites for hydroxylation is 2. The number of amides is 1. The summed E-state index contributed by atoms with van der Waals surface area (Å²) >= 11 is 0. The zero-order chi connectivity index (χ0) is 18.4. The van der Waals surface area contributed by atoms with Crippen LogP contribution in [-0.4, -0.2) is 24.1 Å². The topological polar surface area (TPSA) is 75.6 Å². The smallest absolute Gasteiger partial charge is 0.335 e. The highest BCUT2D eigenvalue weighted by Gasteiger charge is 2.15. The van der Waals surface area contributed by atoms with Crippen LogP contribution in [0.15, 0.2) is 42.5 Å². The van der Waals surface area contributed by atoms with E-state index in [0.29, 0.717) is 12.0 Å². The fourth-order valence-corrected chi connectivity index (χ4v) is 2.78. The molecule has 1 amide bonds. The van der Waals surface area contributed by atoms with Crippen molar-refractivity contribution in [2.45, 2.75) is 32.7 Å². The molecule has 0 saturated carbocycles. The molecule has 1 atom stereocenters. The third kappa shape index (κ3) is 4.83. The standard InChI is InChI=1S/C20H23NO4/c1-13-8-10-18(25-3)17(12-13)14(2)21-19(22)11-9-15-6-4-5-7-16(15)20(23)24/h4-8,10,12,14H,9,11H2,1-3H3,(H,21,22)(H,23,24). The van der Waals surface area contributed by atoms with Crippen molar-refractivity contribution in [1.82, 2.24) is 5.32 Å². The molecule has 0 radical (unpaired) electrons. The van der Waals surface area contributed by atoms with Gasteiger partial charge in [0.15, 0.2) is 0 Å². The number of carbonyl (C=O) groups is 2. The Kier molecular flexibility index (Phi) is 6.17. The summed E-state index contributed by atoms with van der Waals surface area (Å²) in [4.78, 5) is 23.5. The highest BCUT2D eigenvalue weighted by atomic mass is 16.5. The fourth-order valence-electron chi connectivity index (χ4n) is 2.78. The zero-order valence-electron chi connectivity index (χ0n) is 14.7. The predicted molar refractivity (Wildman–Crippen MR) is 96.0 cm³/mol. The van der Waals surface area contributed by atoms with Crippen molar-refractivity contribution >= 4 is 11.9 Å². The van der Waals surface area contributed by atoms with Gasteiger partial charge in [-0.2, -0.15) is 0 Å². The number of aromatic carboxylic acids is 1. The van der Waals surface area contributed by atoms with Gasteiger partial charge in [-0.25, -0.2) is 4.79 Å². The number of carbonyl (C=O) groups excluding carboxylic acids is 1. The lowest BCUT2D eigenvalue weighted by molar-refractivity contribution is -0.121. The molecule has 0 aliphatic heterocycles. The van der Waals surface area contributed by atoms with Crippen molar-refractivity contribution in [2.24, 2.45) is 0 Å². The van der Waals surface area contributed by atoms with Crippen LogP contribution in [0.2, 0.25) is 0 Å². The molecular formula is C20H23NO4. The van der Waals surface area contributed by atoms with E-state index in [-0.39, 0.29) is 23.9 Å². The highest BCUT2D eigenvalue weighted by molar-refractivity contribution is 5.89. The van der Waals surface area contributed by atoms with Gasteiger partial charge >= 0.3 is 5.97 Å². The Balaban J connectivity index is 2.01. The average Bonchev–Trinajstić information content (AvgIpc) is 2.60. The first-order valence-electron chi connectivity index (χ1n) is 8.17. The zero-order valence-corrected chi connectivity index (χ0v) is 14.7. The monoisotopic (exact) mass is 341 g/mol. The van der Waals surface area contributed by atoms with Crippen LogP contribution in [0.3, 0.4) is 0 Å². The normalized spacial score (nSPS) is 11.6. The molecule has 1 unspecified atom stereocenters. The minimum Gasteiger partial charge on any atom is -0.496 e. The summed E-state index contributed by atoms with van der Waals surface area (Å²) in [7, 11) is 1.60. The molecular weight excluding hydrogens is 318 g/mol. The van der Waals surface area contributed by atoms with Crippen molar-refractivity contribution in [3.05, 3.63) is 64.7 Å². The lowest BCUT2D eigenvalue weighted by Gasteiger charge is -2.18. The molecule has 0 saturated heterocycles. The molecule has 0 fully saturated rings. The summed E-state index contributed by atoms with van der Waals surface area (Å²) in [6.07, 6.45) is 0.606. The van der Waals surface area contributed by atoms with E-state index >= 15 is 0 Å². The highest BCUT2D eigenvalue weighted by Crippen LogP contribution is 2.26. The molecule has 0 spiro atoms.